The first-order valence-electron chi connectivity index (χ1n) is 5.79. The maximum atomic E-state index is 12.6. The number of benzene rings is 1. The Morgan fingerprint density at radius 2 is 1.85 bits per heavy atom. The third-order valence-corrected chi connectivity index (χ3v) is 2.73. The first kappa shape index (κ1) is 16.4. The maximum Gasteiger partial charge on any atom is 0.330 e. The monoisotopic (exact) mass is 294 g/mol. The lowest BCUT2D eigenvalue weighted by molar-refractivity contribution is -0.168. The van der Waals surface area contributed by atoms with E-state index in [-0.39, 0.29) is 6.61 Å². The lowest BCUT2D eigenvalue weighted by atomic mass is 10.0. The summed E-state index contributed by atoms with van der Waals surface area (Å²) < 4.78 is 53.4. The van der Waals surface area contributed by atoms with Crippen LogP contribution in [-0.4, -0.2) is 30.0 Å². The molecular weight excluding hydrogens is 280 g/mol. The van der Waals surface area contributed by atoms with Crippen molar-refractivity contribution in [2.45, 2.75) is 31.8 Å². The average molecular weight is 294 g/mol. The number of hydrogen-bond donors (Lipinski definition) is 1. The van der Waals surface area contributed by atoms with Crippen molar-refractivity contribution in [3.63, 3.8) is 0 Å². The minimum Gasteiger partial charge on any atom is -0.481 e. The number of hydrogen-bond acceptors (Lipinski definition) is 2. The van der Waals surface area contributed by atoms with Gasteiger partial charge in [-0.15, -0.1) is 0 Å². The van der Waals surface area contributed by atoms with E-state index >= 15 is 0 Å². The summed E-state index contributed by atoms with van der Waals surface area (Å²) >= 11 is 0. The summed E-state index contributed by atoms with van der Waals surface area (Å²) in [6.45, 7) is -0.0982. The second kappa shape index (κ2) is 6.69. The Bertz CT molecular complexity index is 445. The molecule has 112 valence electrons. The summed E-state index contributed by atoms with van der Waals surface area (Å²) in [7, 11) is 0. The minimum absolute atomic E-state index is 0.246. The molecule has 1 unspecified atom stereocenters. The normalized spacial score (nSPS) is 13.5. The molecule has 0 aliphatic heterocycles. The van der Waals surface area contributed by atoms with Crippen LogP contribution in [0.1, 0.15) is 24.0 Å². The van der Waals surface area contributed by atoms with Crippen molar-refractivity contribution < 1.29 is 32.2 Å². The molecule has 1 rings (SSSR count). The van der Waals surface area contributed by atoms with Crippen molar-refractivity contribution in [2.75, 3.05) is 6.61 Å². The molecule has 1 atom stereocenters. The molecule has 0 aliphatic rings. The van der Waals surface area contributed by atoms with Gasteiger partial charge >= 0.3 is 18.3 Å². The van der Waals surface area contributed by atoms with Crippen molar-refractivity contribution in [3.05, 3.63) is 35.4 Å². The van der Waals surface area contributed by atoms with Gasteiger partial charge in [-0.05, 0) is 18.1 Å². The molecule has 0 aliphatic carbocycles. The van der Waals surface area contributed by atoms with Crippen LogP contribution in [0.4, 0.5) is 17.6 Å². The highest BCUT2D eigenvalue weighted by Gasteiger charge is 2.40. The van der Waals surface area contributed by atoms with Crippen LogP contribution < -0.4 is 0 Å². The molecule has 0 saturated carbocycles. The SMILES string of the molecule is CC(C(=O)O)c1ccc(COCC(F)(F)C(F)F)cc1. The number of rotatable bonds is 7. The first-order valence-corrected chi connectivity index (χ1v) is 5.79. The van der Waals surface area contributed by atoms with Gasteiger partial charge in [0.25, 0.3) is 0 Å². The Hall–Kier alpha value is -1.63. The molecule has 1 aromatic carbocycles. The zero-order valence-corrected chi connectivity index (χ0v) is 10.7. The lowest BCUT2D eigenvalue weighted by Gasteiger charge is -2.15. The Morgan fingerprint density at radius 3 is 2.30 bits per heavy atom. The maximum absolute atomic E-state index is 12.6. The summed E-state index contributed by atoms with van der Waals surface area (Å²) in [5, 5.41) is 8.81. The predicted molar refractivity (Wildman–Crippen MR) is 63.1 cm³/mol. The number of aliphatic carboxylic acids is 1. The lowest BCUT2D eigenvalue weighted by Crippen LogP contribution is -2.32. The zero-order valence-electron chi connectivity index (χ0n) is 10.7. The fourth-order valence-electron chi connectivity index (χ4n) is 1.41. The van der Waals surface area contributed by atoms with Crippen molar-refractivity contribution >= 4 is 5.97 Å². The third kappa shape index (κ3) is 4.48. The number of carbonyl (C=O) groups is 1. The number of carboxylic acid groups (broad SMARTS) is 1. The van der Waals surface area contributed by atoms with Gasteiger partial charge in [0.2, 0.25) is 0 Å². The average Bonchev–Trinajstić information content (AvgIpc) is 2.38. The van der Waals surface area contributed by atoms with E-state index in [1.165, 1.54) is 31.2 Å². The standard InChI is InChI=1S/C13H14F4O3/c1-8(11(18)19)10-4-2-9(3-5-10)6-20-7-13(16,17)12(14)15/h2-5,8,12H,6-7H2,1H3,(H,18,19). The Kier molecular flexibility index (Phi) is 5.50. The summed E-state index contributed by atoms with van der Waals surface area (Å²) in [5.74, 6) is -5.84. The predicted octanol–water partition coefficient (Wildman–Crippen LogP) is 3.29. The van der Waals surface area contributed by atoms with Gasteiger partial charge in [0.05, 0.1) is 12.5 Å². The molecule has 0 heterocycles. The molecular formula is C13H14F4O3. The fraction of sp³-hybridized carbons (Fsp3) is 0.462. The Labute approximate surface area is 113 Å². The van der Waals surface area contributed by atoms with E-state index in [1.807, 2.05) is 0 Å². The molecule has 1 N–H and O–H groups in total. The van der Waals surface area contributed by atoms with Crippen molar-refractivity contribution in [1.82, 2.24) is 0 Å². The minimum atomic E-state index is -4.17. The van der Waals surface area contributed by atoms with Crippen molar-refractivity contribution in [3.8, 4) is 0 Å². The van der Waals surface area contributed by atoms with Crippen LogP contribution in [0.25, 0.3) is 0 Å². The van der Waals surface area contributed by atoms with E-state index in [9.17, 15) is 22.4 Å². The van der Waals surface area contributed by atoms with Gasteiger partial charge in [-0.2, -0.15) is 8.78 Å². The van der Waals surface area contributed by atoms with Crippen LogP contribution in [0.5, 0.6) is 0 Å². The molecule has 0 saturated heterocycles. The van der Waals surface area contributed by atoms with Gasteiger partial charge in [0.15, 0.2) is 0 Å². The first-order chi connectivity index (χ1) is 9.24. The number of carboxylic acids is 1. The summed E-state index contributed by atoms with van der Waals surface area (Å²) in [6, 6.07) is 6.08. The highest BCUT2D eigenvalue weighted by Crippen LogP contribution is 2.23. The summed E-state index contributed by atoms with van der Waals surface area (Å²) in [6.07, 6.45) is -3.76. The topological polar surface area (TPSA) is 46.5 Å². The largest absolute Gasteiger partial charge is 0.481 e. The van der Waals surface area contributed by atoms with Gasteiger partial charge in [-0.3, -0.25) is 4.79 Å². The van der Waals surface area contributed by atoms with E-state index < -0.39 is 30.8 Å². The second-order valence-electron chi connectivity index (χ2n) is 4.36. The quantitative estimate of drug-likeness (QED) is 0.785. The molecule has 0 radical (unpaired) electrons. The Morgan fingerprint density at radius 1 is 1.30 bits per heavy atom. The Balaban J connectivity index is 2.53. The fourth-order valence-corrected chi connectivity index (χ4v) is 1.41. The molecule has 0 fully saturated rings. The summed E-state index contributed by atoms with van der Waals surface area (Å²) in [5.41, 5.74) is 1.05. The van der Waals surface area contributed by atoms with Crippen LogP contribution >= 0.6 is 0 Å². The molecule has 3 nitrogen and oxygen atoms in total. The van der Waals surface area contributed by atoms with Crippen LogP contribution in [0.3, 0.4) is 0 Å². The van der Waals surface area contributed by atoms with Crippen LogP contribution in [0.2, 0.25) is 0 Å². The molecule has 7 heteroatoms. The number of alkyl halides is 4. The van der Waals surface area contributed by atoms with Crippen LogP contribution in [-0.2, 0) is 16.1 Å². The smallest absolute Gasteiger partial charge is 0.330 e. The third-order valence-electron chi connectivity index (χ3n) is 2.73. The van der Waals surface area contributed by atoms with E-state index in [2.05, 4.69) is 4.74 Å². The molecule has 0 spiro atoms. The van der Waals surface area contributed by atoms with E-state index in [1.54, 1.807) is 0 Å². The second-order valence-corrected chi connectivity index (χ2v) is 4.36. The molecule has 1 aromatic rings. The van der Waals surface area contributed by atoms with Crippen LogP contribution in [0.15, 0.2) is 24.3 Å². The van der Waals surface area contributed by atoms with E-state index in [0.717, 1.165) is 0 Å². The molecule has 0 bridgehead atoms. The molecule has 0 aromatic heterocycles. The molecule has 20 heavy (non-hydrogen) atoms. The van der Waals surface area contributed by atoms with Crippen molar-refractivity contribution in [2.24, 2.45) is 0 Å². The van der Waals surface area contributed by atoms with Gasteiger partial charge < -0.3 is 9.84 Å². The van der Waals surface area contributed by atoms with Gasteiger partial charge in [0.1, 0.15) is 6.61 Å². The number of ether oxygens (including phenoxy) is 1. The van der Waals surface area contributed by atoms with Crippen LogP contribution in [0, 0.1) is 0 Å². The zero-order chi connectivity index (χ0) is 15.3. The highest BCUT2D eigenvalue weighted by atomic mass is 19.3. The number of halogens is 4. The molecule has 0 amide bonds. The van der Waals surface area contributed by atoms with E-state index in [4.69, 9.17) is 5.11 Å². The van der Waals surface area contributed by atoms with Gasteiger partial charge in [-0.1, -0.05) is 24.3 Å². The highest BCUT2D eigenvalue weighted by molar-refractivity contribution is 5.75. The van der Waals surface area contributed by atoms with E-state index in [0.29, 0.717) is 11.1 Å². The van der Waals surface area contributed by atoms with Gasteiger partial charge in [-0.25, -0.2) is 8.78 Å². The van der Waals surface area contributed by atoms with Crippen molar-refractivity contribution in [1.29, 1.82) is 0 Å². The van der Waals surface area contributed by atoms with Gasteiger partial charge in [0, 0.05) is 0 Å². The summed E-state index contributed by atoms with van der Waals surface area (Å²) in [4.78, 5) is 10.8.